The number of pyridine rings is 1. The van der Waals surface area contributed by atoms with Gasteiger partial charge in [-0.3, -0.25) is 9.78 Å². The van der Waals surface area contributed by atoms with Crippen molar-refractivity contribution in [3.63, 3.8) is 0 Å². The number of para-hydroxylation sites is 1. The summed E-state index contributed by atoms with van der Waals surface area (Å²) in [6, 6.07) is 18.4. The van der Waals surface area contributed by atoms with E-state index in [-0.39, 0.29) is 5.91 Å². The van der Waals surface area contributed by atoms with Crippen molar-refractivity contribution in [3.8, 4) is 0 Å². The zero-order valence-corrected chi connectivity index (χ0v) is 17.4. The topological polar surface area (TPSA) is 61.0 Å². The van der Waals surface area contributed by atoms with Gasteiger partial charge in [-0.05, 0) is 55.7 Å². The van der Waals surface area contributed by atoms with Crippen molar-refractivity contribution < 1.29 is 4.79 Å². The highest BCUT2D eigenvalue weighted by Gasteiger charge is 2.12. The molecule has 5 nitrogen and oxygen atoms in total. The lowest BCUT2D eigenvalue weighted by Crippen LogP contribution is -2.26. The van der Waals surface area contributed by atoms with E-state index in [0.717, 1.165) is 29.9 Å². The van der Waals surface area contributed by atoms with Gasteiger partial charge >= 0.3 is 0 Å². The molecular weight excluding hydrogens is 372 g/mol. The van der Waals surface area contributed by atoms with E-state index >= 15 is 0 Å². The molecule has 0 atom stereocenters. The molecule has 5 heteroatoms. The monoisotopic (exact) mass is 398 g/mol. The van der Waals surface area contributed by atoms with Gasteiger partial charge in [0.05, 0.1) is 17.4 Å². The molecule has 0 radical (unpaired) electrons. The fourth-order valence-corrected chi connectivity index (χ4v) is 3.76. The number of rotatable bonds is 7. The van der Waals surface area contributed by atoms with Crippen molar-refractivity contribution in [1.82, 2.24) is 15.3 Å². The predicted octanol–water partition coefficient (Wildman–Crippen LogP) is 5.00. The van der Waals surface area contributed by atoms with Gasteiger partial charge in [-0.2, -0.15) is 0 Å². The Bertz CT molecular complexity index is 1160. The number of amides is 1. The Morgan fingerprint density at radius 3 is 2.77 bits per heavy atom. The molecule has 2 aromatic heterocycles. The van der Waals surface area contributed by atoms with Gasteiger partial charge in [0.15, 0.2) is 0 Å². The zero-order chi connectivity index (χ0) is 20.9. The van der Waals surface area contributed by atoms with Crippen molar-refractivity contribution in [2.75, 3.05) is 18.0 Å². The molecular formula is C25H26N4O. The van der Waals surface area contributed by atoms with E-state index in [1.807, 2.05) is 30.5 Å². The van der Waals surface area contributed by atoms with E-state index < -0.39 is 0 Å². The SMILES string of the molecule is CCN(c1cccc(C)c1)c1cncc(C(=O)NCCc2c[nH]c3ccccc23)c1. The molecule has 0 spiro atoms. The van der Waals surface area contributed by atoms with E-state index in [1.165, 1.54) is 16.5 Å². The number of aryl methyl sites for hydroxylation is 1. The normalized spacial score (nSPS) is 10.9. The highest BCUT2D eigenvalue weighted by Crippen LogP contribution is 2.26. The Balaban J connectivity index is 1.44. The van der Waals surface area contributed by atoms with Crippen LogP contribution >= 0.6 is 0 Å². The van der Waals surface area contributed by atoms with E-state index in [2.05, 4.69) is 64.4 Å². The lowest BCUT2D eigenvalue weighted by atomic mass is 10.1. The van der Waals surface area contributed by atoms with Crippen LogP contribution in [-0.4, -0.2) is 29.0 Å². The third-order valence-corrected chi connectivity index (χ3v) is 5.28. The first-order valence-corrected chi connectivity index (χ1v) is 10.3. The number of fused-ring (bicyclic) bond motifs is 1. The van der Waals surface area contributed by atoms with Crippen LogP contribution in [0, 0.1) is 6.92 Å². The van der Waals surface area contributed by atoms with Crippen molar-refractivity contribution in [1.29, 1.82) is 0 Å². The molecule has 2 N–H and O–H groups in total. The van der Waals surface area contributed by atoms with Crippen LogP contribution in [0.3, 0.4) is 0 Å². The number of hydrogen-bond donors (Lipinski definition) is 2. The summed E-state index contributed by atoms with van der Waals surface area (Å²) >= 11 is 0. The quantitative estimate of drug-likeness (QED) is 0.460. The molecule has 1 amide bonds. The Labute approximate surface area is 176 Å². The molecule has 2 aromatic carbocycles. The molecule has 0 unspecified atom stereocenters. The Morgan fingerprint density at radius 2 is 1.93 bits per heavy atom. The maximum Gasteiger partial charge on any atom is 0.252 e. The van der Waals surface area contributed by atoms with Crippen LogP contribution in [-0.2, 0) is 6.42 Å². The number of carbonyl (C=O) groups is 1. The molecule has 0 saturated heterocycles. The van der Waals surface area contributed by atoms with E-state index in [0.29, 0.717) is 12.1 Å². The van der Waals surface area contributed by atoms with Crippen molar-refractivity contribution in [2.24, 2.45) is 0 Å². The Kier molecular flexibility index (Phi) is 5.80. The number of aromatic nitrogens is 2. The van der Waals surface area contributed by atoms with Gasteiger partial charge in [0.25, 0.3) is 5.91 Å². The maximum atomic E-state index is 12.7. The van der Waals surface area contributed by atoms with Gasteiger partial charge < -0.3 is 15.2 Å². The highest BCUT2D eigenvalue weighted by atomic mass is 16.1. The van der Waals surface area contributed by atoms with Gasteiger partial charge in [0, 0.05) is 42.1 Å². The number of H-pyrrole nitrogens is 1. The van der Waals surface area contributed by atoms with Gasteiger partial charge in [0.1, 0.15) is 0 Å². The summed E-state index contributed by atoms with van der Waals surface area (Å²) in [5, 5.41) is 4.22. The van der Waals surface area contributed by atoms with Crippen molar-refractivity contribution >= 4 is 28.2 Å². The standard InChI is InChI=1S/C25H26N4O/c1-3-29(21-8-6-7-18(2)13-21)22-14-20(15-26-17-22)25(30)27-12-11-19-16-28-24-10-5-4-9-23(19)24/h4-10,13-17,28H,3,11-12H2,1-2H3,(H,27,30). The minimum Gasteiger partial charge on any atom is -0.361 e. The van der Waals surface area contributed by atoms with E-state index in [4.69, 9.17) is 0 Å². The molecule has 152 valence electrons. The second-order valence-corrected chi connectivity index (χ2v) is 7.38. The molecule has 30 heavy (non-hydrogen) atoms. The van der Waals surface area contributed by atoms with Crippen LogP contribution in [0.1, 0.15) is 28.4 Å². The number of carbonyl (C=O) groups excluding carboxylic acids is 1. The summed E-state index contributed by atoms with van der Waals surface area (Å²) in [5.74, 6) is -0.107. The summed E-state index contributed by atoms with van der Waals surface area (Å²) in [6.45, 7) is 5.53. The number of nitrogens with zero attached hydrogens (tertiary/aromatic N) is 2. The van der Waals surface area contributed by atoms with Gasteiger partial charge in [-0.15, -0.1) is 0 Å². The minimum absolute atomic E-state index is 0.107. The molecule has 4 rings (SSSR count). The van der Waals surface area contributed by atoms with Crippen LogP contribution in [0.4, 0.5) is 11.4 Å². The summed E-state index contributed by atoms with van der Waals surface area (Å²) in [7, 11) is 0. The molecule has 0 aliphatic rings. The van der Waals surface area contributed by atoms with Gasteiger partial charge in [-0.1, -0.05) is 30.3 Å². The molecule has 0 aliphatic carbocycles. The van der Waals surface area contributed by atoms with Crippen LogP contribution in [0.5, 0.6) is 0 Å². The minimum atomic E-state index is -0.107. The Hall–Kier alpha value is -3.60. The summed E-state index contributed by atoms with van der Waals surface area (Å²) in [5.41, 5.74) is 6.09. The third kappa shape index (κ3) is 4.20. The van der Waals surface area contributed by atoms with Crippen LogP contribution < -0.4 is 10.2 Å². The zero-order valence-electron chi connectivity index (χ0n) is 17.4. The van der Waals surface area contributed by atoms with Crippen molar-refractivity contribution in [2.45, 2.75) is 20.3 Å². The second-order valence-electron chi connectivity index (χ2n) is 7.38. The maximum absolute atomic E-state index is 12.7. The fourth-order valence-electron chi connectivity index (χ4n) is 3.76. The molecule has 0 bridgehead atoms. The summed E-state index contributed by atoms with van der Waals surface area (Å²) in [4.78, 5) is 22.5. The predicted molar refractivity (Wildman–Crippen MR) is 122 cm³/mol. The Morgan fingerprint density at radius 1 is 1.07 bits per heavy atom. The summed E-state index contributed by atoms with van der Waals surface area (Å²) in [6.07, 6.45) is 6.20. The molecule has 0 saturated carbocycles. The average Bonchev–Trinajstić information content (AvgIpc) is 3.18. The number of aromatic amines is 1. The highest BCUT2D eigenvalue weighted by molar-refractivity contribution is 5.95. The first kappa shape index (κ1) is 19.7. The molecule has 0 fully saturated rings. The van der Waals surface area contributed by atoms with Crippen LogP contribution in [0.25, 0.3) is 10.9 Å². The average molecular weight is 399 g/mol. The molecule has 4 aromatic rings. The lowest BCUT2D eigenvalue weighted by molar-refractivity contribution is 0.0954. The number of anilines is 2. The number of hydrogen-bond acceptors (Lipinski definition) is 3. The van der Waals surface area contributed by atoms with E-state index in [9.17, 15) is 4.79 Å². The largest absolute Gasteiger partial charge is 0.361 e. The smallest absolute Gasteiger partial charge is 0.252 e. The molecule has 2 heterocycles. The first-order chi connectivity index (χ1) is 14.7. The summed E-state index contributed by atoms with van der Waals surface area (Å²) < 4.78 is 0. The second kappa shape index (κ2) is 8.82. The number of nitrogens with one attached hydrogen (secondary N) is 2. The van der Waals surface area contributed by atoms with Crippen LogP contribution in [0.15, 0.2) is 73.2 Å². The van der Waals surface area contributed by atoms with Crippen molar-refractivity contribution in [3.05, 3.63) is 89.9 Å². The first-order valence-electron chi connectivity index (χ1n) is 10.3. The molecule has 0 aliphatic heterocycles. The number of benzene rings is 2. The lowest BCUT2D eigenvalue weighted by Gasteiger charge is -2.23. The van der Waals surface area contributed by atoms with E-state index in [1.54, 1.807) is 12.4 Å². The third-order valence-electron chi connectivity index (χ3n) is 5.28. The fraction of sp³-hybridized carbons (Fsp3) is 0.200. The van der Waals surface area contributed by atoms with Gasteiger partial charge in [-0.25, -0.2) is 0 Å². The van der Waals surface area contributed by atoms with Crippen LogP contribution in [0.2, 0.25) is 0 Å². The van der Waals surface area contributed by atoms with Gasteiger partial charge in [0.2, 0.25) is 0 Å².